The first-order valence-corrected chi connectivity index (χ1v) is 6.18. The number of hydrogen-bond acceptors (Lipinski definition) is 4. The highest BCUT2D eigenvalue weighted by molar-refractivity contribution is 5.73. The van der Waals surface area contributed by atoms with Crippen molar-refractivity contribution < 1.29 is 9.90 Å². The van der Waals surface area contributed by atoms with Crippen molar-refractivity contribution in [3.63, 3.8) is 0 Å². The second-order valence-corrected chi connectivity index (χ2v) is 4.80. The van der Waals surface area contributed by atoms with Crippen LogP contribution in [0.3, 0.4) is 0 Å². The van der Waals surface area contributed by atoms with E-state index in [0.717, 1.165) is 36.6 Å². The van der Waals surface area contributed by atoms with Crippen molar-refractivity contribution in [1.29, 1.82) is 0 Å². The van der Waals surface area contributed by atoms with E-state index in [1.165, 1.54) is 6.92 Å². The summed E-state index contributed by atoms with van der Waals surface area (Å²) >= 11 is 0. The summed E-state index contributed by atoms with van der Waals surface area (Å²) in [6.45, 7) is 5.07. The lowest BCUT2D eigenvalue weighted by molar-refractivity contribution is -0.119. The van der Waals surface area contributed by atoms with Crippen LogP contribution in [0.1, 0.15) is 24.6 Å². The van der Waals surface area contributed by atoms with Crippen LogP contribution in [0.4, 0.5) is 5.82 Å². The predicted octanol–water partition coefficient (Wildman–Crippen LogP) is -0.0644. The van der Waals surface area contributed by atoms with E-state index in [-0.39, 0.29) is 18.6 Å². The van der Waals surface area contributed by atoms with Gasteiger partial charge in [0, 0.05) is 38.7 Å². The fourth-order valence-corrected chi connectivity index (χ4v) is 2.63. The standard InChI is InChI=1S/C12H20N4O2/c1-8-11(7-17)12(15(3)14-8)16-5-4-10(6-16)13-9(2)18/h10,17H,4-7H2,1-3H3,(H,13,18). The summed E-state index contributed by atoms with van der Waals surface area (Å²) in [4.78, 5) is 13.2. The summed E-state index contributed by atoms with van der Waals surface area (Å²) in [6.07, 6.45) is 0.925. The summed E-state index contributed by atoms with van der Waals surface area (Å²) in [6, 6.07) is 0.184. The second kappa shape index (κ2) is 4.97. The number of amides is 1. The summed E-state index contributed by atoms with van der Waals surface area (Å²) in [5, 5.41) is 16.7. The minimum Gasteiger partial charge on any atom is -0.391 e. The number of rotatable bonds is 3. The summed E-state index contributed by atoms with van der Waals surface area (Å²) in [5.74, 6) is 0.966. The first-order chi connectivity index (χ1) is 8.52. The van der Waals surface area contributed by atoms with Crippen molar-refractivity contribution in [2.75, 3.05) is 18.0 Å². The zero-order valence-electron chi connectivity index (χ0n) is 11.1. The van der Waals surface area contributed by atoms with E-state index >= 15 is 0 Å². The molecule has 1 atom stereocenters. The average molecular weight is 252 g/mol. The third-order valence-electron chi connectivity index (χ3n) is 3.37. The Morgan fingerprint density at radius 1 is 1.61 bits per heavy atom. The fraction of sp³-hybridized carbons (Fsp3) is 0.667. The van der Waals surface area contributed by atoms with Gasteiger partial charge in [0.05, 0.1) is 12.3 Å². The summed E-state index contributed by atoms with van der Waals surface area (Å²) < 4.78 is 1.80. The van der Waals surface area contributed by atoms with E-state index in [2.05, 4.69) is 15.3 Å². The highest BCUT2D eigenvalue weighted by Crippen LogP contribution is 2.26. The Balaban J connectivity index is 2.16. The molecule has 0 bridgehead atoms. The minimum absolute atomic E-state index is 0.00366. The second-order valence-electron chi connectivity index (χ2n) is 4.80. The van der Waals surface area contributed by atoms with Crippen LogP contribution in [-0.4, -0.2) is 39.9 Å². The topological polar surface area (TPSA) is 70.4 Å². The van der Waals surface area contributed by atoms with Crippen molar-refractivity contribution in [3.05, 3.63) is 11.3 Å². The third kappa shape index (κ3) is 2.33. The molecule has 6 nitrogen and oxygen atoms in total. The van der Waals surface area contributed by atoms with Crippen LogP contribution in [0, 0.1) is 6.92 Å². The molecule has 2 N–H and O–H groups in total. The Morgan fingerprint density at radius 2 is 2.33 bits per heavy atom. The lowest BCUT2D eigenvalue weighted by Gasteiger charge is -2.20. The van der Waals surface area contributed by atoms with Gasteiger partial charge >= 0.3 is 0 Å². The molecule has 18 heavy (non-hydrogen) atoms. The number of carbonyl (C=O) groups is 1. The number of nitrogens with one attached hydrogen (secondary N) is 1. The van der Waals surface area contributed by atoms with Crippen molar-refractivity contribution >= 4 is 11.7 Å². The molecule has 0 aromatic carbocycles. The van der Waals surface area contributed by atoms with Gasteiger partial charge in [0.15, 0.2) is 0 Å². The lowest BCUT2D eigenvalue weighted by atomic mass is 10.2. The maximum Gasteiger partial charge on any atom is 0.217 e. The summed E-state index contributed by atoms with van der Waals surface area (Å²) in [7, 11) is 1.88. The molecule has 1 aromatic rings. The number of carbonyl (C=O) groups excluding carboxylic acids is 1. The Morgan fingerprint density at radius 3 is 2.94 bits per heavy atom. The van der Waals surface area contributed by atoms with Gasteiger partial charge in [-0.25, -0.2) is 0 Å². The fourth-order valence-electron chi connectivity index (χ4n) is 2.63. The highest BCUT2D eigenvalue weighted by Gasteiger charge is 2.27. The third-order valence-corrected chi connectivity index (χ3v) is 3.37. The van der Waals surface area contributed by atoms with Crippen LogP contribution in [0.5, 0.6) is 0 Å². The molecule has 0 saturated carbocycles. The first-order valence-electron chi connectivity index (χ1n) is 6.18. The molecule has 2 heterocycles. The van der Waals surface area contributed by atoms with E-state index in [1.807, 2.05) is 14.0 Å². The first kappa shape index (κ1) is 12.9. The number of aliphatic hydroxyl groups is 1. The van der Waals surface area contributed by atoms with E-state index < -0.39 is 0 Å². The molecule has 0 aliphatic carbocycles. The molecule has 2 rings (SSSR count). The number of nitrogens with zero attached hydrogens (tertiary/aromatic N) is 3. The molecule has 0 radical (unpaired) electrons. The normalized spacial score (nSPS) is 19.3. The molecule has 1 unspecified atom stereocenters. The molecule has 1 aliphatic rings. The van der Waals surface area contributed by atoms with Gasteiger partial charge < -0.3 is 15.3 Å². The lowest BCUT2D eigenvalue weighted by Crippen LogP contribution is -2.36. The van der Waals surface area contributed by atoms with Crippen molar-refractivity contribution in [2.45, 2.75) is 32.9 Å². The van der Waals surface area contributed by atoms with Crippen LogP contribution < -0.4 is 10.2 Å². The van der Waals surface area contributed by atoms with Crippen LogP contribution >= 0.6 is 0 Å². The van der Waals surface area contributed by atoms with Gasteiger partial charge in [0.2, 0.25) is 5.91 Å². The number of aromatic nitrogens is 2. The van der Waals surface area contributed by atoms with E-state index in [0.29, 0.717) is 0 Å². The Hall–Kier alpha value is -1.56. The quantitative estimate of drug-likeness (QED) is 0.790. The van der Waals surface area contributed by atoms with Gasteiger partial charge in [-0.1, -0.05) is 0 Å². The van der Waals surface area contributed by atoms with E-state index in [4.69, 9.17) is 0 Å². The zero-order valence-corrected chi connectivity index (χ0v) is 11.1. The molecule has 1 aliphatic heterocycles. The number of anilines is 1. The van der Waals surface area contributed by atoms with Crippen LogP contribution in [0.15, 0.2) is 0 Å². The number of hydrogen-bond donors (Lipinski definition) is 2. The van der Waals surface area contributed by atoms with Gasteiger partial charge in [-0.3, -0.25) is 9.48 Å². The molecule has 0 spiro atoms. The molecular formula is C12H20N4O2. The van der Waals surface area contributed by atoms with E-state index in [1.54, 1.807) is 4.68 Å². The Labute approximate surface area is 107 Å². The van der Waals surface area contributed by atoms with E-state index in [9.17, 15) is 9.90 Å². The number of aryl methyl sites for hydroxylation is 2. The van der Waals surface area contributed by atoms with Crippen LogP contribution in [-0.2, 0) is 18.4 Å². The Kier molecular flexibility index (Phi) is 3.56. The predicted molar refractivity (Wildman–Crippen MR) is 68.3 cm³/mol. The molecular weight excluding hydrogens is 232 g/mol. The molecule has 1 amide bonds. The van der Waals surface area contributed by atoms with Gasteiger partial charge in [-0.05, 0) is 13.3 Å². The van der Waals surface area contributed by atoms with Gasteiger partial charge in [-0.2, -0.15) is 5.10 Å². The smallest absolute Gasteiger partial charge is 0.217 e. The maximum absolute atomic E-state index is 11.0. The van der Waals surface area contributed by atoms with Crippen molar-refractivity contribution in [2.24, 2.45) is 7.05 Å². The van der Waals surface area contributed by atoms with Gasteiger partial charge in [0.25, 0.3) is 0 Å². The van der Waals surface area contributed by atoms with Gasteiger partial charge in [0.1, 0.15) is 5.82 Å². The average Bonchev–Trinajstić information content (AvgIpc) is 2.81. The van der Waals surface area contributed by atoms with Crippen molar-refractivity contribution in [3.8, 4) is 0 Å². The number of aliphatic hydroxyl groups excluding tert-OH is 1. The van der Waals surface area contributed by atoms with Crippen molar-refractivity contribution in [1.82, 2.24) is 15.1 Å². The highest BCUT2D eigenvalue weighted by atomic mass is 16.3. The maximum atomic E-state index is 11.0. The van der Waals surface area contributed by atoms with Gasteiger partial charge in [-0.15, -0.1) is 0 Å². The van der Waals surface area contributed by atoms with Crippen LogP contribution in [0.2, 0.25) is 0 Å². The molecule has 1 saturated heterocycles. The summed E-state index contributed by atoms with van der Waals surface area (Å²) in [5.41, 5.74) is 1.74. The van der Waals surface area contributed by atoms with Crippen LogP contribution in [0.25, 0.3) is 0 Å². The molecule has 1 fully saturated rings. The molecule has 1 aromatic heterocycles. The minimum atomic E-state index is -0.00366. The largest absolute Gasteiger partial charge is 0.391 e. The zero-order chi connectivity index (χ0) is 13.3. The monoisotopic (exact) mass is 252 g/mol. The molecule has 100 valence electrons. The Bertz CT molecular complexity index is 455. The molecule has 6 heteroatoms. The SMILES string of the molecule is CC(=O)NC1CCN(c2c(CO)c(C)nn2C)C1.